The van der Waals surface area contributed by atoms with Crippen molar-refractivity contribution in [2.75, 3.05) is 19.0 Å². The Kier molecular flexibility index (Phi) is 6.46. The fraction of sp³-hybridized carbons (Fsp3) is 0.143. The van der Waals surface area contributed by atoms with E-state index >= 15 is 0 Å². The summed E-state index contributed by atoms with van der Waals surface area (Å²) in [7, 11) is 1.48. The van der Waals surface area contributed by atoms with Crippen LogP contribution in [-0.4, -0.2) is 25.6 Å². The maximum atomic E-state index is 11.9. The van der Waals surface area contributed by atoms with Gasteiger partial charge < -0.3 is 14.8 Å². The quantitative estimate of drug-likeness (QED) is 0.625. The minimum absolute atomic E-state index is 0.386. The van der Waals surface area contributed by atoms with Gasteiger partial charge in [0.25, 0.3) is 5.91 Å². The molecular formula is C14H10Br2ClNO4S. The van der Waals surface area contributed by atoms with Crippen molar-refractivity contribution in [2.45, 2.75) is 0 Å². The molecule has 5 nitrogen and oxygen atoms in total. The van der Waals surface area contributed by atoms with Crippen LogP contribution in [0.3, 0.4) is 0 Å². The van der Waals surface area contributed by atoms with E-state index in [1.807, 2.05) is 0 Å². The van der Waals surface area contributed by atoms with E-state index in [9.17, 15) is 9.59 Å². The van der Waals surface area contributed by atoms with E-state index in [1.165, 1.54) is 18.4 Å². The average Bonchev–Trinajstić information content (AvgIpc) is 2.85. The second-order valence-corrected chi connectivity index (χ2v) is 7.86. The van der Waals surface area contributed by atoms with E-state index in [-0.39, 0.29) is 0 Å². The van der Waals surface area contributed by atoms with Gasteiger partial charge in [-0.25, -0.2) is 4.79 Å². The van der Waals surface area contributed by atoms with Crippen molar-refractivity contribution < 1.29 is 19.1 Å². The van der Waals surface area contributed by atoms with Crippen LogP contribution < -0.4 is 10.1 Å². The fourth-order valence-electron chi connectivity index (χ4n) is 1.61. The number of benzene rings is 1. The number of esters is 1. The van der Waals surface area contributed by atoms with Crippen LogP contribution in [0.1, 0.15) is 9.67 Å². The van der Waals surface area contributed by atoms with Crippen LogP contribution in [0.5, 0.6) is 5.75 Å². The van der Waals surface area contributed by atoms with Gasteiger partial charge in [0.05, 0.1) is 16.6 Å². The Bertz CT molecular complexity index is 731. The normalized spacial score (nSPS) is 10.3. The molecule has 0 bridgehead atoms. The van der Waals surface area contributed by atoms with Gasteiger partial charge in [-0.2, -0.15) is 0 Å². The number of ether oxygens (including phenoxy) is 2. The summed E-state index contributed by atoms with van der Waals surface area (Å²) in [6.45, 7) is -0.415. The Balaban J connectivity index is 1.95. The highest BCUT2D eigenvalue weighted by atomic mass is 79.9. The summed E-state index contributed by atoms with van der Waals surface area (Å²) in [5.41, 5.74) is 0.405. The molecule has 0 unspecified atom stereocenters. The second kappa shape index (κ2) is 8.14. The fourth-order valence-corrected chi connectivity index (χ4v) is 3.72. The summed E-state index contributed by atoms with van der Waals surface area (Å²) in [5, 5.41) is 3.04. The third-order valence-corrected chi connectivity index (χ3v) is 6.09. The van der Waals surface area contributed by atoms with Gasteiger partial charge >= 0.3 is 5.97 Å². The molecule has 0 aliphatic carbocycles. The molecule has 0 fully saturated rings. The first kappa shape index (κ1) is 18.3. The molecule has 2 rings (SSSR count). The van der Waals surface area contributed by atoms with E-state index in [0.717, 1.165) is 8.26 Å². The first-order chi connectivity index (χ1) is 10.9. The molecule has 23 heavy (non-hydrogen) atoms. The summed E-state index contributed by atoms with van der Waals surface area (Å²) in [6.07, 6.45) is 0. The summed E-state index contributed by atoms with van der Waals surface area (Å²) in [5.74, 6) is -0.608. The molecule has 0 saturated carbocycles. The lowest BCUT2D eigenvalue weighted by Crippen LogP contribution is -2.20. The molecule has 1 heterocycles. The standard InChI is InChI=1S/C14H10Br2ClNO4S/c1-21-10-3-2-7(17)4-9(10)18-12(19)6-22-14(20)11-5-8(15)13(16)23-11/h2-5H,6H2,1H3,(H,18,19). The first-order valence-corrected chi connectivity index (χ1v) is 8.94. The SMILES string of the molecule is COc1ccc(Cl)cc1NC(=O)COC(=O)c1cc(Br)c(Br)s1. The van der Waals surface area contributed by atoms with Gasteiger partial charge in [-0.05, 0) is 56.1 Å². The van der Waals surface area contributed by atoms with Gasteiger partial charge in [-0.15, -0.1) is 11.3 Å². The average molecular weight is 484 g/mol. The van der Waals surface area contributed by atoms with Crippen molar-refractivity contribution in [1.82, 2.24) is 0 Å². The van der Waals surface area contributed by atoms with E-state index in [1.54, 1.807) is 24.3 Å². The number of carbonyl (C=O) groups excluding carboxylic acids is 2. The number of thiophene rings is 1. The van der Waals surface area contributed by atoms with E-state index < -0.39 is 18.5 Å². The maximum absolute atomic E-state index is 11.9. The third kappa shape index (κ3) is 4.94. The Morgan fingerprint density at radius 3 is 2.65 bits per heavy atom. The van der Waals surface area contributed by atoms with Crippen molar-refractivity contribution in [2.24, 2.45) is 0 Å². The van der Waals surface area contributed by atoms with E-state index in [2.05, 4.69) is 37.2 Å². The molecular weight excluding hydrogens is 473 g/mol. The van der Waals surface area contributed by atoms with Gasteiger partial charge in [0, 0.05) is 9.50 Å². The van der Waals surface area contributed by atoms with Crippen LogP contribution in [0.15, 0.2) is 32.5 Å². The Labute approximate surface area is 158 Å². The topological polar surface area (TPSA) is 64.6 Å². The van der Waals surface area contributed by atoms with Gasteiger partial charge in [0.15, 0.2) is 6.61 Å². The number of hydrogen-bond acceptors (Lipinski definition) is 5. The van der Waals surface area contributed by atoms with Gasteiger partial charge in [-0.1, -0.05) is 11.6 Å². The smallest absolute Gasteiger partial charge is 0.348 e. The highest BCUT2D eigenvalue weighted by Gasteiger charge is 2.16. The van der Waals surface area contributed by atoms with Crippen molar-refractivity contribution in [3.05, 3.63) is 42.4 Å². The van der Waals surface area contributed by atoms with E-state index in [0.29, 0.717) is 21.3 Å². The van der Waals surface area contributed by atoms with Crippen molar-refractivity contribution in [3.8, 4) is 5.75 Å². The van der Waals surface area contributed by atoms with Gasteiger partial charge in [-0.3, -0.25) is 4.79 Å². The lowest BCUT2D eigenvalue weighted by molar-refractivity contribution is -0.119. The molecule has 9 heteroatoms. The number of rotatable bonds is 5. The van der Waals surface area contributed by atoms with Crippen molar-refractivity contribution in [3.63, 3.8) is 0 Å². The molecule has 1 N–H and O–H groups in total. The van der Waals surface area contributed by atoms with Crippen LogP contribution in [-0.2, 0) is 9.53 Å². The zero-order valence-corrected chi connectivity index (χ0v) is 16.4. The number of methoxy groups -OCH3 is 1. The molecule has 0 aliphatic heterocycles. The molecule has 1 amide bonds. The Morgan fingerprint density at radius 1 is 1.30 bits per heavy atom. The summed E-state index contributed by atoms with van der Waals surface area (Å²) < 4.78 is 11.6. The number of amides is 1. The number of hydrogen-bond donors (Lipinski definition) is 1. The molecule has 0 saturated heterocycles. The predicted molar refractivity (Wildman–Crippen MR) is 96.6 cm³/mol. The molecule has 0 aliphatic rings. The Hall–Kier alpha value is -1.09. The first-order valence-electron chi connectivity index (χ1n) is 6.16. The maximum Gasteiger partial charge on any atom is 0.348 e. The third-order valence-electron chi connectivity index (χ3n) is 2.62. The lowest BCUT2D eigenvalue weighted by atomic mass is 10.3. The van der Waals surface area contributed by atoms with Crippen LogP contribution in [0.25, 0.3) is 0 Å². The number of halogens is 3. The number of carbonyl (C=O) groups is 2. The monoisotopic (exact) mass is 481 g/mol. The molecule has 1 aromatic heterocycles. The predicted octanol–water partition coefficient (Wildman–Crippen LogP) is 4.73. The molecule has 0 spiro atoms. The second-order valence-electron chi connectivity index (χ2n) is 4.20. The minimum Gasteiger partial charge on any atom is -0.495 e. The van der Waals surface area contributed by atoms with Crippen LogP contribution in [0.2, 0.25) is 5.02 Å². The highest BCUT2D eigenvalue weighted by molar-refractivity contribution is 9.13. The number of anilines is 1. The molecule has 0 radical (unpaired) electrons. The zero-order chi connectivity index (χ0) is 17.0. The van der Waals surface area contributed by atoms with Crippen LogP contribution >= 0.6 is 54.8 Å². The summed E-state index contributed by atoms with van der Waals surface area (Å²) in [4.78, 5) is 24.1. The van der Waals surface area contributed by atoms with Crippen LogP contribution in [0, 0.1) is 0 Å². The zero-order valence-electron chi connectivity index (χ0n) is 11.7. The van der Waals surface area contributed by atoms with Crippen LogP contribution in [0.4, 0.5) is 5.69 Å². The molecule has 122 valence electrons. The largest absolute Gasteiger partial charge is 0.495 e. The van der Waals surface area contributed by atoms with Gasteiger partial charge in [0.2, 0.25) is 0 Å². The highest BCUT2D eigenvalue weighted by Crippen LogP contribution is 2.32. The lowest BCUT2D eigenvalue weighted by Gasteiger charge is -2.10. The Morgan fingerprint density at radius 2 is 2.04 bits per heavy atom. The molecule has 2 aromatic rings. The van der Waals surface area contributed by atoms with Crippen molar-refractivity contribution in [1.29, 1.82) is 0 Å². The summed E-state index contributed by atoms with van der Waals surface area (Å²) in [6, 6.07) is 6.44. The number of nitrogens with one attached hydrogen (secondary N) is 1. The minimum atomic E-state index is -0.574. The van der Waals surface area contributed by atoms with Gasteiger partial charge in [0.1, 0.15) is 10.6 Å². The summed E-state index contributed by atoms with van der Waals surface area (Å²) >= 11 is 13.7. The molecule has 1 aromatic carbocycles. The van der Waals surface area contributed by atoms with Crippen molar-refractivity contribution >= 4 is 72.4 Å². The molecule has 0 atom stereocenters. The van der Waals surface area contributed by atoms with E-state index in [4.69, 9.17) is 21.1 Å².